The van der Waals surface area contributed by atoms with Gasteiger partial charge in [-0.25, -0.2) is 4.79 Å². The van der Waals surface area contributed by atoms with E-state index in [9.17, 15) is 4.79 Å². The molecule has 0 saturated carbocycles. The monoisotopic (exact) mass is 275 g/mol. The second-order valence-electron chi connectivity index (χ2n) is 6.16. The zero-order valence-electron chi connectivity index (χ0n) is 12.9. The predicted octanol–water partition coefficient (Wildman–Crippen LogP) is 3.35. The zero-order valence-corrected chi connectivity index (χ0v) is 12.9. The number of benzene rings is 1. The third-order valence-electron chi connectivity index (χ3n) is 4.20. The van der Waals surface area contributed by atoms with Crippen molar-refractivity contribution < 1.29 is 9.53 Å². The van der Waals surface area contributed by atoms with Crippen LogP contribution >= 0.6 is 0 Å². The van der Waals surface area contributed by atoms with Gasteiger partial charge in [0.15, 0.2) is 0 Å². The largest absolute Gasteiger partial charge is 0.458 e. The van der Waals surface area contributed by atoms with E-state index < -0.39 is 0 Å². The van der Waals surface area contributed by atoms with E-state index in [-0.39, 0.29) is 12.1 Å². The lowest BCUT2D eigenvalue weighted by atomic mass is 9.90. The molecule has 1 saturated heterocycles. The van der Waals surface area contributed by atoms with Crippen LogP contribution in [0.1, 0.15) is 44.5 Å². The molecular formula is C17H25NO2. The minimum absolute atomic E-state index is 0.0210. The molecule has 0 aromatic heterocycles. The molecule has 1 fully saturated rings. The maximum atomic E-state index is 12.1. The van der Waals surface area contributed by atoms with Crippen molar-refractivity contribution in [1.82, 2.24) is 4.90 Å². The van der Waals surface area contributed by atoms with Crippen molar-refractivity contribution in [3.8, 4) is 0 Å². The Labute approximate surface area is 121 Å². The van der Waals surface area contributed by atoms with Gasteiger partial charge in [-0.05, 0) is 32.9 Å². The number of esters is 1. The van der Waals surface area contributed by atoms with Gasteiger partial charge >= 0.3 is 5.97 Å². The van der Waals surface area contributed by atoms with Crippen LogP contribution in [0.25, 0.3) is 0 Å². The van der Waals surface area contributed by atoms with E-state index in [1.165, 1.54) is 0 Å². The average molecular weight is 275 g/mol. The van der Waals surface area contributed by atoms with Crippen molar-refractivity contribution >= 4 is 5.97 Å². The Morgan fingerprint density at radius 1 is 1.25 bits per heavy atom. The van der Waals surface area contributed by atoms with Gasteiger partial charge in [-0.2, -0.15) is 0 Å². The molecule has 1 heterocycles. The fraction of sp³-hybridized carbons (Fsp3) is 0.588. The first-order valence-electron chi connectivity index (χ1n) is 7.50. The molecule has 0 radical (unpaired) electrons. The quantitative estimate of drug-likeness (QED) is 0.792. The maximum Gasteiger partial charge on any atom is 0.338 e. The van der Waals surface area contributed by atoms with Gasteiger partial charge in [0.2, 0.25) is 0 Å². The van der Waals surface area contributed by atoms with Crippen LogP contribution < -0.4 is 0 Å². The summed E-state index contributed by atoms with van der Waals surface area (Å²) in [7, 11) is 0. The molecule has 3 heteroatoms. The number of carbonyl (C=O) groups is 1. The van der Waals surface area contributed by atoms with E-state index in [0.29, 0.717) is 23.6 Å². The highest BCUT2D eigenvalue weighted by Gasteiger charge is 2.34. The lowest BCUT2D eigenvalue weighted by Crippen LogP contribution is -2.51. The molecule has 2 rings (SSSR count). The van der Waals surface area contributed by atoms with E-state index in [4.69, 9.17) is 4.74 Å². The Morgan fingerprint density at radius 2 is 1.90 bits per heavy atom. The van der Waals surface area contributed by atoms with Gasteiger partial charge in [-0.15, -0.1) is 0 Å². The first-order valence-corrected chi connectivity index (χ1v) is 7.50. The van der Waals surface area contributed by atoms with E-state index >= 15 is 0 Å². The standard InChI is InChI=1S/C17H25NO2/c1-12(2)18-11-13(3)16(10-14(18)4)20-17(19)15-8-6-5-7-9-15/h5-9,12-14,16H,10-11H2,1-4H3/t13-,14-,16-/m1/s1. The second kappa shape index (κ2) is 6.40. The Bertz CT molecular complexity index is 444. The van der Waals surface area contributed by atoms with Crippen molar-refractivity contribution in [2.45, 2.75) is 52.3 Å². The SMILES string of the molecule is CC(C)N1C[C@@H](C)[C@H](OC(=O)c2ccccc2)C[C@H]1C. The Morgan fingerprint density at radius 3 is 2.50 bits per heavy atom. The van der Waals surface area contributed by atoms with E-state index in [1.807, 2.05) is 18.2 Å². The Hall–Kier alpha value is -1.35. The molecule has 0 unspecified atom stereocenters. The van der Waals surface area contributed by atoms with Crippen LogP contribution in [0.4, 0.5) is 0 Å². The number of piperidine rings is 1. The molecule has 0 aliphatic carbocycles. The lowest BCUT2D eigenvalue weighted by Gasteiger charge is -2.43. The van der Waals surface area contributed by atoms with Gasteiger partial charge in [0, 0.05) is 31.0 Å². The number of hydrogen-bond donors (Lipinski definition) is 0. The van der Waals surface area contributed by atoms with Crippen molar-refractivity contribution in [3.05, 3.63) is 35.9 Å². The predicted molar refractivity (Wildman–Crippen MR) is 80.7 cm³/mol. The summed E-state index contributed by atoms with van der Waals surface area (Å²) in [5.41, 5.74) is 0.638. The van der Waals surface area contributed by atoms with Crippen LogP contribution in [-0.4, -0.2) is 35.6 Å². The molecular weight excluding hydrogens is 250 g/mol. The van der Waals surface area contributed by atoms with E-state index in [1.54, 1.807) is 12.1 Å². The highest BCUT2D eigenvalue weighted by atomic mass is 16.5. The molecule has 0 spiro atoms. The van der Waals surface area contributed by atoms with E-state index in [2.05, 4.69) is 32.6 Å². The summed E-state index contributed by atoms with van der Waals surface area (Å²) >= 11 is 0. The number of rotatable bonds is 3. The van der Waals surface area contributed by atoms with Crippen LogP contribution in [0.5, 0.6) is 0 Å². The number of likely N-dealkylation sites (tertiary alicyclic amines) is 1. The molecule has 1 aromatic carbocycles. The van der Waals surface area contributed by atoms with Gasteiger partial charge in [-0.3, -0.25) is 4.90 Å². The van der Waals surface area contributed by atoms with Gasteiger partial charge in [0.05, 0.1) is 5.56 Å². The number of hydrogen-bond acceptors (Lipinski definition) is 3. The molecule has 1 aromatic rings. The molecule has 0 bridgehead atoms. The highest BCUT2D eigenvalue weighted by Crippen LogP contribution is 2.27. The van der Waals surface area contributed by atoms with E-state index in [0.717, 1.165) is 13.0 Å². The summed E-state index contributed by atoms with van der Waals surface area (Å²) in [5, 5.41) is 0. The van der Waals surface area contributed by atoms with Gasteiger partial charge in [0.25, 0.3) is 0 Å². The molecule has 0 amide bonds. The number of nitrogens with zero attached hydrogens (tertiary/aromatic N) is 1. The van der Waals surface area contributed by atoms with Gasteiger partial charge in [0.1, 0.15) is 6.10 Å². The fourth-order valence-electron chi connectivity index (χ4n) is 3.00. The molecule has 0 N–H and O–H groups in total. The molecule has 3 nitrogen and oxygen atoms in total. The summed E-state index contributed by atoms with van der Waals surface area (Å²) in [6.07, 6.45) is 0.936. The van der Waals surface area contributed by atoms with Crippen molar-refractivity contribution in [3.63, 3.8) is 0 Å². The second-order valence-corrected chi connectivity index (χ2v) is 6.16. The number of ether oxygens (including phenoxy) is 1. The van der Waals surface area contributed by atoms with Crippen LogP contribution in [0.3, 0.4) is 0 Å². The minimum Gasteiger partial charge on any atom is -0.458 e. The third kappa shape index (κ3) is 3.40. The third-order valence-corrected chi connectivity index (χ3v) is 4.20. The highest BCUT2D eigenvalue weighted by molar-refractivity contribution is 5.89. The molecule has 3 atom stereocenters. The molecule has 110 valence electrons. The maximum absolute atomic E-state index is 12.1. The number of carbonyl (C=O) groups excluding carboxylic acids is 1. The lowest BCUT2D eigenvalue weighted by molar-refractivity contribution is -0.0329. The van der Waals surface area contributed by atoms with Gasteiger partial charge in [-0.1, -0.05) is 25.1 Å². The Balaban J connectivity index is 1.99. The summed E-state index contributed by atoms with van der Waals surface area (Å²) in [6, 6.07) is 10.2. The summed E-state index contributed by atoms with van der Waals surface area (Å²) < 4.78 is 5.72. The topological polar surface area (TPSA) is 29.5 Å². The minimum atomic E-state index is -0.201. The Kier molecular flexibility index (Phi) is 4.81. The zero-order chi connectivity index (χ0) is 14.7. The smallest absolute Gasteiger partial charge is 0.338 e. The van der Waals surface area contributed by atoms with Gasteiger partial charge < -0.3 is 4.74 Å². The normalized spacial score (nSPS) is 27.6. The molecule has 1 aliphatic heterocycles. The average Bonchev–Trinajstić information content (AvgIpc) is 2.43. The first kappa shape index (κ1) is 15.0. The van der Waals surface area contributed by atoms with Crippen molar-refractivity contribution in [2.24, 2.45) is 5.92 Å². The van der Waals surface area contributed by atoms with Crippen LogP contribution in [0.2, 0.25) is 0 Å². The summed E-state index contributed by atoms with van der Waals surface area (Å²) in [6.45, 7) is 9.82. The van der Waals surface area contributed by atoms with Crippen LogP contribution in [-0.2, 0) is 4.74 Å². The van der Waals surface area contributed by atoms with Crippen LogP contribution in [0, 0.1) is 5.92 Å². The molecule has 1 aliphatic rings. The first-order chi connectivity index (χ1) is 9.49. The van der Waals surface area contributed by atoms with Crippen molar-refractivity contribution in [1.29, 1.82) is 0 Å². The fourth-order valence-corrected chi connectivity index (χ4v) is 3.00. The van der Waals surface area contributed by atoms with Crippen molar-refractivity contribution in [2.75, 3.05) is 6.54 Å². The summed E-state index contributed by atoms with van der Waals surface area (Å²) in [4.78, 5) is 14.6. The summed E-state index contributed by atoms with van der Waals surface area (Å²) in [5.74, 6) is 0.175. The molecule has 20 heavy (non-hydrogen) atoms. The van der Waals surface area contributed by atoms with Crippen LogP contribution in [0.15, 0.2) is 30.3 Å².